The number of hydrogen-bond donors (Lipinski definition) is 1. The first kappa shape index (κ1) is 26.3. The molecule has 0 amide bonds. The molecular formula is C20H37N3O8Si2. The third kappa shape index (κ3) is 4.64. The second-order valence-corrected chi connectivity index (χ2v) is 18.9. The molecule has 4 atom stereocenters. The van der Waals surface area contributed by atoms with Crippen molar-refractivity contribution >= 4 is 23.1 Å². The molecule has 13 heteroatoms. The monoisotopic (exact) mass is 503 g/mol. The van der Waals surface area contributed by atoms with E-state index in [1.54, 1.807) is 0 Å². The first-order chi connectivity index (χ1) is 15.4. The van der Waals surface area contributed by atoms with Gasteiger partial charge in [0.15, 0.2) is 0 Å². The summed E-state index contributed by atoms with van der Waals surface area (Å²) >= 11 is 0. The number of nitro groups is 1. The first-order valence-electron chi connectivity index (χ1n) is 11.6. The van der Waals surface area contributed by atoms with E-state index in [1.807, 2.05) is 0 Å². The Bertz CT molecular complexity index is 818. The normalized spacial score (nSPS) is 29.4. The van der Waals surface area contributed by atoms with Crippen LogP contribution in [0.4, 0.5) is 5.95 Å². The van der Waals surface area contributed by atoms with E-state index in [2.05, 4.69) is 60.4 Å². The molecule has 1 aromatic heterocycles. The molecule has 3 rings (SSSR count). The zero-order valence-electron chi connectivity index (χ0n) is 20.6. The van der Waals surface area contributed by atoms with Gasteiger partial charge in [-0.15, -0.1) is 0 Å². The minimum atomic E-state index is -2.93. The van der Waals surface area contributed by atoms with Gasteiger partial charge in [-0.2, -0.15) is 0 Å². The first-order valence-corrected chi connectivity index (χ1v) is 15.5. The number of nitrogens with zero attached hydrogens (tertiary/aromatic N) is 3. The average Bonchev–Trinajstić information content (AvgIpc) is 3.27. The van der Waals surface area contributed by atoms with Crippen molar-refractivity contribution in [3.05, 3.63) is 22.5 Å². The maximum Gasteiger partial charge on any atom is 0.471 e. The fourth-order valence-corrected chi connectivity index (χ4v) is 16.0. The average molecular weight is 504 g/mol. The van der Waals surface area contributed by atoms with Crippen molar-refractivity contribution in [3.8, 4) is 0 Å². The minimum Gasteiger partial charge on any atom is -0.414 e. The number of aliphatic hydroxyl groups is 1. The van der Waals surface area contributed by atoms with Crippen LogP contribution >= 0.6 is 0 Å². The molecule has 2 fully saturated rings. The number of aromatic nitrogens is 2. The van der Waals surface area contributed by atoms with Crippen LogP contribution in [0.25, 0.3) is 0 Å². The molecule has 1 N–H and O–H groups in total. The van der Waals surface area contributed by atoms with E-state index < -0.39 is 52.6 Å². The van der Waals surface area contributed by atoms with Gasteiger partial charge < -0.3 is 37.8 Å². The van der Waals surface area contributed by atoms with E-state index in [0.29, 0.717) is 0 Å². The Morgan fingerprint density at radius 3 is 2.21 bits per heavy atom. The van der Waals surface area contributed by atoms with Gasteiger partial charge in [0.2, 0.25) is 0 Å². The Kier molecular flexibility index (Phi) is 7.73. The predicted octanol–water partition coefficient (Wildman–Crippen LogP) is 3.26. The topological polar surface area (TPSA) is 127 Å². The van der Waals surface area contributed by atoms with Gasteiger partial charge in [-0.05, 0) is 31.8 Å². The molecule has 2 saturated heterocycles. The van der Waals surface area contributed by atoms with E-state index in [4.69, 9.17) is 22.5 Å². The van der Waals surface area contributed by atoms with Crippen molar-refractivity contribution in [2.24, 2.45) is 0 Å². The molecule has 0 saturated carbocycles. The molecule has 0 bridgehead atoms. The maximum atomic E-state index is 11.2. The fourth-order valence-electron chi connectivity index (χ4n) is 4.82. The number of ether oxygens (including phenoxy) is 1. The predicted molar refractivity (Wildman–Crippen MR) is 124 cm³/mol. The number of imidazole rings is 1. The van der Waals surface area contributed by atoms with Gasteiger partial charge in [0.05, 0.1) is 6.61 Å². The minimum absolute atomic E-state index is 0.0890. The van der Waals surface area contributed by atoms with Gasteiger partial charge in [-0.3, -0.25) is 0 Å². The Labute approximate surface area is 196 Å². The smallest absolute Gasteiger partial charge is 0.414 e. The molecule has 2 aliphatic heterocycles. The van der Waals surface area contributed by atoms with Crippen LogP contribution in [0.15, 0.2) is 12.4 Å². The molecule has 33 heavy (non-hydrogen) atoms. The van der Waals surface area contributed by atoms with Gasteiger partial charge in [-0.25, -0.2) is 0 Å². The highest BCUT2D eigenvalue weighted by atomic mass is 28.5. The molecule has 3 heterocycles. The molecule has 0 aliphatic carbocycles. The number of rotatable bonds is 7. The Balaban J connectivity index is 1.97. The second kappa shape index (κ2) is 9.72. The lowest BCUT2D eigenvalue weighted by molar-refractivity contribution is -0.404. The van der Waals surface area contributed by atoms with Crippen LogP contribution in [-0.2, 0) is 17.7 Å². The van der Waals surface area contributed by atoms with Gasteiger partial charge in [0.25, 0.3) is 6.29 Å². The molecule has 0 spiro atoms. The number of hydrogen-bond acceptors (Lipinski definition) is 9. The van der Waals surface area contributed by atoms with Crippen LogP contribution in [0.3, 0.4) is 0 Å². The number of fused-ring (bicyclic) bond motifs is 1. The van der Waals surface area contributed by atoms with Crippen molar-refractivity contribution in [3.63, 3.8) is 0 Å². The maximum absolute atomic E-state index is 11.2. The third-order valence-electron chi connectivity index (χ3n) is 6.59. The van der Waals surface area contributed by atoms with Crippen LogP contribution in [-0.4, -0.2) is 68.1 Å². The van der Waals surface area contributed by atoms with Crippen molar-refractivity contribution in [2.45, 2.75) is 102 Å². The lowest BCUT2D eigenvalue weighted by atomic mass is 10.1. The molecule has 2 aliphatic rings. The van der Waals surface area contributed by atoms with E-state index in [9.17, 15) is 15.2 Å². The third-order valence-corrected chi connectivity index (χ3v) is 16.8. The summed E-state index contributed by atoms with van der Waals surface area (Å²) in [7, 11) is -5.67. The fraction of sp³-hybridized carbons (Fsp3) is 0.850. The summed E-state index contributed by atoms with van der Waals surface area (Å²) in [5.74, 6) is -0.505. The van der Waals surface area contributed by atoms with Crippen LogP contribution < -0.4 is 4.84 Å². The van der Waals surface area contributed by atoms with Crippen molar-refractivity contribution in [2.75, 3.05) is 6.61 Å². The summed E-state index contributed by atoms with van der Waals surface area (Å²) in [5, 5.41) is 22.3. The zero-order chi connectivity index (χ0) is 24.7. The van der Waals surface area contributed by atoms with E-state index in [0.717, 1.165) is 4.73 Å². The van der Waals surface area contributed by atoms with Gasteiger partial charge >= 0.3 is 23.1 Å². The van der Waals surface area contributed by atoms with Crippen LogP contribution in [0.2, 0.25) is 22.2 Å². The highest BCUT2D eigenvalue weighted by Gasteiger charge is 2.62. The van der Waals surface area contributed by atoms with E-state index >= 15 is 0 Å². The van der Waals surface area contributed by atoms with Crippen molar-refractivity contribution in [1.82, 2.24) is 9.71 Å². The van der Waals surface area contributed by atoms with E-state index in [1.165, 1.54) is 12.4 Å². The highest BCUT2D eigenvalue weighted by molar-refractivity contribution is 6.83. The molecular weight excluding hydrogens is 466 g/mol. The highest BCUT2D eigenvalue weighted by Crippen LogP contribution is 2.47. The van der Waals surface area contributed by atoms with Gasteiger partial charge in [-0.1, -0.05) is 60.4 Å². The molecule has 188 valence electrons. The lowest BCUT2D eigenvalue weighted by Crippen LogP contribution is -2.65. The largest absolute Gasteiger partial charge is 0.471 e. The van der Waals surface area contributed by atoms with Crippen LogP contribution in [0, 0.1) is 10.1 Å². The molecule has 1 aromatic rings. The summed E-state index contributed by atoms with van der Waals surface area (Å²) < 4.78 is 27.4. The summed E-state index contributed by atoms with van der Waals surface area (Å²) in [6, 6.07) is 0. The lowest BCUT2D eigenvalue weighted by Gasteiger charge is -2.51. The van der Waals surface area contributed by atoms with Crippen molar-refractivity contribution < 1.29 is 32.6 Å². The Morgan fingerprint density at radius 1 is 1.12 bits per heavy atom. The quantitative estimate of drug-likeness (QED) is 0.339. The molecule has 0 aromatic carbocycles. The summed E-state index contributed by atoms with van der Waals surface area (Å²) in [6.45, 7) is 17.0. The second-order valence-electron chi connectivity index (χ2n) is 10.0. The zero-order valence-corrected chi connectivity index (χ0v) is 22.6. The standard InChI is InChI=1S/C20H37N3O8Si2/c1-12(2)32(13(3)4)27-11-16-18(30-33(31-32,14(5)6)15(7)8)17(24)19(28-16)29-22-10-9-21-20(22)23(25)26/h9-10,12-19,24H,11H2,1-8H3/t16-,17+,18-,19+/m1/s1. The summed E-state index contributed by atoms with van der Waals surface area (Å²) in [6.07, 6.45) is -1.19. The molecule has 11 nitrogen and oxygen atoms in total. The van der Waals surface area contributed by atoms with Gasteiger partial charge in [0.1, 0.15) is 30.7 Å². The van der Waals surface area contributed by atoms with Gasteiger partial charge in [0, 0.05) is 0 Å². The molecule has 0 radical (unpaired) electrons. The van der Waals surface area contributed by atoms with Crippen molar-refractivity contribution in [1.29, 1.82) is 0 Å². The SMILES string of the molecule is CC(C)[Si]1(C(C)C)OC[C@H]2O[C@@H](On3ccnc3[N+](=O)[O-])[C@@H](O)[C@@H]2O[Si](C(C)C)(C(C)C)O1. The number of aliphatic hydroxyl groups excluding tert-OH is 1. The van der Waals surface area contributed by atoms with Crippen LogP contribution in [0.1, 0.15) is 55.4 Å². The van der Waals surface area contributed by atoms with Crippen LogP contribution in [0.5, 0.6) is 0 Å². The Morgan fingerprint density at radius 2 is 1.70 bits per heavy atom. The molecule has 0 unspecified atom stereocenters. The summed E-state index contributed by atoms with van der Waals surface area (Å²) in [5.41, 5.74) is 0.528. The van der Waals surface area contributed by atoms with E-state index in [-0.39, 0.29) is 28.8 Å². The summed E-state index contributed by atoms with van der Waals surface area (Å²) in [4.78, 5) is 19.8. The Hall–Kier alpha value is -1.36.